The van der Waals surface area contributed by atoms with Crippen molar-refractivity contribution in [2.45, 2.75) is 51.9 Å². The van der Waals surface area contributed by atoms with Crippen LogP contribution in [0.3, 0.4) is 0 Å². The van der Waals surface area contributed by atoms with Gasteiger partial charge in [-0.25, -0.2) is 4.98 Å². The second-order valence-corrected chi connectivity index (χ2v) is 10.7. The number of nitrogens with zero attached hydrogens (tertiary/aromatic N) is 1. The summed E-state index contributed by atoms with van der Waals surface area (Å²) in [4.78, 5) is 19.3. The minimum absolute atomic E-state index is 0.0401. The summed E-state index contributed by atoms with van der Waals surface area (Å²) in [6.45, 7) is 4.37. The van der Waals surface area contributed by atoms with E-state index in [1.54, 1.807) is 22.7 Å². The van der Waals surface area contributed by atoms with Gasteiger partial charge in [-0.2, -0.15) is 0 Å². The van der Waals surface area contributed by atoms with Gasteiger partial charge in [0.05, 0.1) is 16.6 Å². The van der Waals surface area contributed by atoms with Crippen LogP contribution in [0.1, 0.15) is 54.2 Å². The van der Waals surface area contributed by atoms with E-state index in [4.69, 9.17) is 4.98 Å². The van der Waals surface area contributed by atoms with Crippen LogP contribution in [0.15, 0.2) is 48.5 Å². The van der Waals surface area contributed by atoms with Gasteiger partial charge in [0.15, 0.2) is 0 Å². The number of anilines is 1. The van der Waals surface area contributed by atoms with E-state index in [-0.39, 0.29) is 5.91 Å². The minimum Gasteiger partial charge on any atom is -0.317 e. The summed E-state index contributed by atoms with van der Waals surface area (Å²) in [5.74, 6) is 0.537. The molecule has 3 nitrogen and oxygen atoms in total. The average molecular weight is 447 g/mol. The molecule has 1 aliphatic carbocycles. The molecule has 0 bridgehead atoms. The maximum absolute atomic E-state index is 12.9. The fourth-order valence-corrected chi connectivity index (χ4v) is 6.65. The van der Waals surface area contributed by atoms with Crippen LogP contribution in [0.2, 0.25) is 0 Å². The first kappa shape index (κ1) is 20.4. The van der Waals surface area contributed by atoms with E-state index in [2.05, 4.69) is 61.6 Å². The number of amides is 1. The predicted molar refractivity (Wildman–Crippen MR) is 132 cm³/mol. The topological polar surface area (TPSA) is 42.0 Å². The summed E-state index contributed by atoms with van der Waals surface area (Å²) in [5, 5.41) is 5.24. The second kappa shape index (κ2) is 8.56. The Kier molecular flexibility index (Phi) is 5.63. The second-order valence-electron chi connectivity index (χ2n) is 8.52. The summed E-state index contributed by atoms with van der Waals surface area (Å²) < 4.78 is 1.19. The molecule has 2 aromatic carbocycles. The van der Waals surface area contributed by atoms with Crippen LogP contribution < -0.4 is 5.32 Å². The number of carbonyl (C=O) groups is 1. The highest BCUT2D eigenvalue weighted by Crippen LogP contribution is 2.46. The van der Waals surface area contributed by atoms with Gasteiger partial charge in [-0.05, 0) is 60.4 Å². The van der Waals surface area contributed by atoms with E-state index >= 15 is 0 Å². The molecule has 1 aliphatic rings. The van der Waals surface area contributed by atoms with Crippen molar-refractivity contribution in [2.75, 3.05) is 5.32 Å². The molecule has 4 aromatic rings. The van der Waals surface area contributed by atoms with Gasteiger partial charge in [-0.15, -0.1) is 22.7 Å². The Labute approximate surface area is 191 Å². The summed E-state index contributed by atoms with van der Waals surface area (Å²) >= 11 is 3.47. The van der Waals surface area contributed by atoms with Crippen molar-refractivity contribution in [3.05, 3.63) is 70.1 Å². The maximum Gasteiger partial charge on any atom is 0.229 e. The third-order valence-electron chi connectivity index (χ3n) is 5.94. The van der Waals surface area contributed by atoms with Crippen LogP contribution in [-0.2, 0) is 24.1 Å². The van der Waals surface area contributed by atoms with Crippen molar-refractivity contribution in [3.63, 3.8) is 0 Å². The molecule has 0 radical (unpaired) electrons. The first-order valence-electron chi connectivity index (χ1n) is 11.0. The number of carbonyl (C=O) groups excluding carboxylic acids is 1. The maximum atomic E-state index is 12.9. The lowest BCUT2D eigenvalue weighted by Gasteiger charge is -2.12. The van der Waals surface area contributed by atoms with Gasteiger partial charge in [0.1, 0.15) is 10.0 Å². The average Bonchev–Trinajstić information content (AvgIpc) is 3.34. The number of benzene rings is 2. The number of hydrogen-bond acceptors (Lipinski definition) is 4. The lowest BCUT2D eigenvalue weighted by Crippen LogP contribution is -2.14. The number of fused-ring (bicyclic) bond motifs is 2. The summed E-state index contributed by atoms with van der Waals surface area (Å²) in [7, 11) is 0. The molecule has 0 unspecified atom stereocenters. The first-order valence-corrected chi connectivity index (χ1v) is 12.6. The van der Waals surface area contributed by atoms with Crippen molar-refractivity contribution < 1.29 is 4.79 Å². The van der Waals surface area contributed by atoms with E-state index < -0.39 is 0 Å². The zero-order chi connectivity index (χ0) is 21.4. The highest BCUT2D eigenvalue weighted by Gasteiger charge is 2.25. The van der Waals surface area contributed by atoms with Crippen molar-refractivity contribution in [3.8, 4) is 10.6 Å². The van der Waals surface area contributed by atoms with Gasteiger partial charge >= 0.3 is 0 Å². The lowest BCUT2D eigenvalue weighted by atomic mass is 9.95. The standard InChI is InChI=1S/C26H26N2OS2/c1-16(2)18-13-11-17(12-14-18)15-23(29)28-26-24(19-7-3-5-9-21(19)30-26)25-27-20-8-4-6-10-22(20)31-25/h4,6,8,10-14,16H,3,5,7,9,15H2,1-2H3,(H,28,29). The van der Waals surface area contributed by atoms with E-state index in [0.717, 1.165) is 39.5 Å². The molecule has 0 fully saturated rings. The molecule has 2 aromatic heterocycles. The number of rotatable bonds is 5. The molecule has 158 valence electrons. The van der Waals surface area contributed by atoms with Crippen LogP contribution in [0.25, 0.3) is 20.8 Å². The number of nitrogens with one attached hydrogen (secondary N) is 1. The quantitative estimate of drug-likeness (QED) is 0.352. The SMILES string of the molecule is CC(C)c1ccc(CC(=O)Nc2sc3c(c2-c2nc4ccccc4s2)CCCC3)cc1. The molecule has 1 amide bonds. The highest BCUT2D eigenvalue weighted by atomic mass is 32.1. The predicted octanol–water partition coefficient (Wildman–Crippen LogP) is 7.21. The molecule has 0 atom stereocenters. The number of thiophene rings is 1. The lowest BCUT2D eigenvalue weighted by molar-refractivity contribution is -0.115. The Balaban J connectivity index is 1.44. The van der Waals surface area contributed by atoms with Crippen molar-refractivity contribution in [2.24, 2.45) is 0 Å². The first-order chi connectivity index (χ1) is 15.1. The number of thiazole rings is 1. The summed E-state index contributed by atoms with van der Waals surface area (Å²) in [6, 6.07) is 16.7. The van der Waals surface area contributed by atoms with Gasteiger partial charge in [0, 0.05) is 10.4 Å². The van der Waals surface area contributed by atoms with Crippen LogP contribution in [0.4, 0.5) is 5.00 Å². The van der Waals surface area contributed by atoms with E-state index in [1.807, 2.05) is 6.07 Å². The minimum atomic E-state index is 0.0401. The third-order valence-corrected chi connectivity index (χ3v) is 8.20. The van der Waals surface area contributed by atoms with Crippen molar-refractivity contribution in [1.82, 2.24) is 4.98 Å². The Hall–Kier alpha value is -2.50. The normalized spacial score (nSPS) is 13.5. The van der Waals surface area contributed by atoms with Crippen LogP contribution in [0.5, 0.6) is 0 Å². The van der Waals surface area contributed by atoms with Crippen LogP contribution >= 0.6 is 22.7 Å². The fourth-order valence-electron chi connectivity index (χ4n) is 4.24. The van der Waals surface area contributed by atoms with E-state index in [1.165, 1.54) is 33.5 Å². The number of aromatic nitrogens is 1. The van der Waals surface area contributed by atoms with Crippen LogP contribution in [0, 0.1) is 0 Å². The summed E-state index contributed by atoms with van der Waals surface area (Å²) in [6.07, 6.45) is 4.99. The van der Waals surface area contributed by atoms with E-state index in [0.29, 0.717) is 12.3 Å². The molecule has 0 saturated carbocycles. The smallest absolute Gasteiger partial charge is 0.229 e. The molecule has 31 heavy (non-hydrogen) atoms. The van der Waals surface area contributed by atoms with Crippen LogP contribution in [-0.4, -0.2) is 10.9 Å². The van der Waals surface area contributed by atoms with Gasteiger partial charge in [0.2, 0.25) is 5.91 Å². The molecule has 5 rings (SSSR count). The highest BCUT2D eigenvalue weighted by molar-refractivity contribution is 7.22. The largest absolute Gasteiger partial charge is 0.317 e. The zero-order valence-electron chi connectivity index (χ0n) is 17.9. The zero-order valence-corrected chi connectivity index (χ0v) is 19.5. The number of para-hydroxylation sites is 1. The van der Waals surface area contributed by atoms with Gasteiger partial charge in [-0.3, -0.25) is 4.79 Å². The number of hydrogen-bond donors (Lipinski definition) is 1. The van der Waals surface area contributed by atoms with Crippen molar-refractivity contribution in [1.29, 1.82) is 0 Å². The Morgan fingerprint density at radius 3 is 2.58 bits per heavy atom. The Morgan fingerprint density at radius 2 is 1.81 bits per heavy atom. The monoisotopic (exact) mass is 446 g/mol. The summed E-state index contributed by atoms with van der Waals surface area (Å²) in [5.41, 5.74) is 5.93. The molecule has 0 aliphatic heterocycles. The number of aryl methyl sites for hydroxylation is 1. The molecule has 5 heteroatoms. The molecule has 0 saturated heterocycles. The van der Waals surface area contributed by atoms with Gasteiger partial charge in [0.25, 0.3) is 0 Å². The van der Waals surface area contributed by atoms with Gasteiger partial charge in [-0.1, -0.05) is 50.2 Å². The third kappa shape index (κ3) is 4.17. The van der Waals surface area contributed by atoms with Crippen molar-refractivity contribution >= 4 is 43.8 Å². The Morgan fingerprint density at radius 1 is 1.03 bits per heavy atom. The molecular formula is C26H26N2OS2. The fraction of sp³-hybridized carbons (Fsp3) is 0.308. The molecule has 2 heterocycles. The van der Waals surface area contributed by atoms with E-state index in [9.17, 15) is 4.79 Å². The van der Waals surface area contributed by atoms with Gasteiger partial charge < -0.3 is 5.32 Å². The Bertz CT molecular complexity index is 1200. The molecule has 0 spiro atoms. The molecule has 1 N–H and O–H groups in total. The molecular weight excluding hydrogens is 420 g/mol.